The van der Waals surface area contributed by atoms with Crippen LogP contribution in [0.25, 0.3) is 0 Å². The van der Waals surface area contributed by atoms with Gasteiger partial charge in [0.1, 0.15) is 6.04 Å². The van der Waals surface area contributed by atoms with Gasteiger partial charge in [-0.1, -0.05) is 13.8 Å². The summed E-state index contributed by atoms with van der Waals surface area (Å²) >= 11 is 0. The van der Waals surface area contributed by atoms with Gasteiger partial charge in [-0.2, -0.15) is 0 Å². The molecule has 0 spiro atoms. The van der Waals surface area contributed by atoms with E-state index in [4.69, 9.17) is 5.11 Å². The van der Waals surface area contributed by atoms with E-state index in [1.807, 2.05) is 0 Å². The van der Waals surface area contributed by atoms with Gasteiger partial charge in [0.25, 0.3) is 0 Å². The van der Waals surface area contributed by atoms with E-state index >= 15 is 0 Å². The number of amides is 3. The van der Waals surface area contributed by atoms with Crippen LogP contribution < -0.4 is 21.3 Å². The number of carboxylic acid groups (broad SMARTS) is 1. The van der Waals surface area contributed by atoms with Crippen molar-refractivity contribution in [2.45, 2.75) is 57.8 Å². The molecule has 1 fully saturated rings. The molecule has 0 bridgehead atoms. The van der Waals surface area contributed by atoms with Crippen molar-refractivity contribution in [2.24, 2.45) is 5.92 Å². The van der Waals surface area contributed by atoms with Gasteiger partial charge in [0.15, 0.2) is 6.04 Å². The molecule has 10 heteroatoms. The SMILES string of the molecule is CC(C)C(NC(=O)CNC(=O)C1CCCN1)C(=O)NC(C(=O)O)C(C)O. The third kappa shape index (κ3) is 6.60. The van der Waals surface area contributed by atoms with Gasteiger partial charge in [-0.05, 0) is 32.2 Å². The minimum Gasteiger partial charge on any atom is -0.480 e. The average Bonchev–Trinajstić information content (AvgIpc) is 3.08. The van der Waals surface area contributed by atoms with Gasteiger partial charge in [0, 0.05) is 0 Å². The molecule has 10 nitrogen and oxygen atoms in total. The zero-order valence-corrected chi connectivity index (χ0v) is 15.2. The first-order valence-electron chi connectivity index (χ1n) is 8.65. The maximum atomic E-state index is 12.3. The molecule has 1 aliphatic rings. The Morgan fingerprint density at radius 1 is 1.12 bits per heavy atom. The van der Waals surface area contributed by atoms with E-state index < -0.39 is 36.0 Å². The van der Waals surface area contributed by atoms with Gasteiger partial charge in [0.2, 0.25) is 17.7 Å². The molecule has 0 aromatic heterocycles. The Kier molecular flexibility index (Phi) is 8.46. The van der Waals surface area contributed by atoms with Crippen molar-refractivity contribution >= 4 is 23.7 Å². The van der Waals surface area contributed by atoms with Crippen molar-refractivity contribution in [3.05, 3.63) is 0 Å². The highest BCUT2D eigenvalue weighted by Crippen LogP contribution is 2.05. The number of hydrogen-bond acceptors (Lipinski definition) is 6. The van der Waals surface area contributed by atoms with Crippen LogP contribution in [0.15, 0.2) is 0 Å². The maximum absolute atomic E-state index is 12.3. The van der Waals surface area contributed by atoms with Crippen molar-refractivity contribution < 1.29 is 29.4 Å². The third-order valence-electron chi connectivity index (χ3n) is 4.11. The summed E-state index contributed by atoms with van der Waals surface area (Å²) < 4.78 is 0. The predicted octanol–water partition coefficient (Wildman–Crippen LogP) is -2.05. The summed E-state index contributed by atoms with van der Waals surface area (Å²) in [6.45, 7) is 5.09. The molecule has 26 heavy (non-hydrogen) atoms. The second-order valence-electron chi connectivity index (χ2n) is 6.72. The van der Waals surface area contributed by atoms with Crippen molar-refractivity contribution in [3.63, 3.8) is 0 Å². The van der Waals surface area contributed by atoms with Crippen LogP contribution in [0.5, 0.6) is 0 Å². The van der Waals surface area contributed by atoms with E-state index in [9.17, 15) is 24.3 Å². The van der Waals surface area contributed by atoms with Crippen molar-refractivity contribution in [1.29, 1.82) is 0 Å². The number of carboxylic acids is 1. The molecule has 0 aromatic carbocycles. The molecule has 0 aromatic rings. The largest absolute Gasteiger partial charge is 0.480 e. The Bertz CT molecular complexity index is 531. The number of aliphatic carboxylic acids is 1. The van der Waals surface area contributed by atoms with Gasteiger partial charge >= 0.3 is 5.97 Å². The van der Waals surface area contributed by atoms with Gasteiger partial charge in [0.05, 0.1) is 18.7 Å². The Morgan fingerprint density at radius 3 is 2.23 bits per heavy atom. The van der Waals surface area contributed by atoms with E-state index in [-0.39, 0.29) is 24.4 Å². The third-order valence-corrected chi connectivity index (χ3v) is 4.11. The summed E-state index contributed by atoms with van der Waals surface area (Å²) in [4.78, 5) is 47.3. The molecule has 1 aliphatic heterocycles. The van der Waals surface area contributed by atoms with Crippen molar-refractivity contribution in [2.75, 3.05) is 13.1 Å². The maximum Gasteiger partial charge on any atom is 0.328 e. The lowest BCUT2D eigenvalue weighted by Crippen LogP contribution is -2.57. The second kappa shape index (κ2) is 10.1. The van der Waals surface area contributed by atoms with Crippen LogP contribution in [0, 0.1) is 5.92 Å². The van der Waals surface area contributed by atoms with Crippen molar-refractivity contribution in [1.82, 2.24) is 21.3 Å². The number of aliphatic hydroxyl groups excluding tert-OH is 1. The Labute approximate surface area is 152 Å². The van der Waals surface area contributed by atoms with Gasteiger partial charge in [-0.25, -0.2) is 4.79 Å². The monoisotopic (exact) mass is 372 g/mol. The Hall–Kier alpha value is -2.20. The minimum absolute atomic E-state index is 0.275. The highest BCUT2D eigenvalue weighted by atomic mass is 16.4. The van der Waals surface area contributed by atoms with Crippen LogP contribution in [0.2, 0.25) is 0 Å². The van der Waals surface area contributed by atoms with Crippen LogP contribution in [-0.4, -0.2) is 71.2 Å². The summed E-state index contributed by atoms with van der Waals surface area (Å²) in [5.74, 6) is -3.25. The summed E-state index contributed by atoms with van der Waals surface area (Å²) in [5, 5.41) is 28.7. The Balaban J connectivity index is 2.57. The fraction of sp³-hybridized carbons (Fsp3) is 0.750. The zero-order chi connectivity index (χ0) is 19.9. The topological polar surface area (TPSA) is 157 Å². The summed E-state index contributed by atoms with van der Waals surface area (Å²) in [5.41, 5.74) is 0. The van der Waals surface area contributed by atoms with E-state index in [1.54, 1.807) is 13.8 Å². The molecular weight excluding hydrogens is 344 g/mol. The summed E-state index contributed by atoms with van der Waals surface area (Å²) in [6, 6.07) is -2.78. The molecule has 0 aliphatic carbocycles. The molecule has 0 radical (unpaired) electrons. The molecule has 1 saturated heterocycles. The molecule has 4 atom stereocenters. The second-order valence-corrected chi connectivity index (χ2v) is 6.72. The van der Waals surface area contributed by atoms with Gasteiger partial charge in [-0.15, -0.1) is 0 Å². The lowest BCUT2D eigenvalue weighted by molar-refractivity contribution is -0.145. The van der Waals surface area contributed by atoms with Crippen LogP contribution >= 0.6 is 0 Å². The summed E-state index contributed by atoms with van der Waals surface area (Å²) in [7, 11) is 0. The Morgan fingerprint density at radius 2 is 1.77 bits per heavy atom. The molecule has 6 N–H and O–H groups in total. The molecule has 3 amide bonds. The van der Waals surface area contributed by atoms with E-state index in [0.29, 0.717) is 6.42 Å². The van der Waals surface area contributed by atoms with Crippen LogP contribution in [0.4, 0.5) is 0 Å². The minimum atomic E-state index is -1.48. The lowest BCUT2D eigenvalue weighted by Gasteiger charge is -2.25. The van der Waals surface area contributed by atoms with E-state index in [2.05, 4.69) is 21.3 Å². The number of carbonyl (C=O) groups excluding carboxylic acids is 3. The predicted molar refractivity (Wildman–Crippen MR) is 92.1 cm³/mol. The van der Waals surface area contributed by atoms with E-state index in [0.717, 1.165) is 13.0 Å². The smallest absolute Gasteiger partial charge is 0.328 e. The normalized spacial score (nSPS) is 20.1. The number of nitrogens with one attached hydrogen (secondary N) is 4. The molecular formula is C16H28N4O6. The van der Waals surface area contributed by atoms with Gasteiger partial charge in [-0.3, -0.25) is 14.4 Å². The quantitative estimate of drug-likeness (QED) is 0.272. The highest BCUT2D eigenvalue weighted by molar-refractivity contribution is 5.92. The number of carbonyl (C=O) groups is 4. The molecule has 1 heterocycles. The number of aliphatic hydroxyl groups is 1. The first kappa shape index (κ1) is 21.8. The zero-order valence-electron chi connectivity index (χ0n) is 15.2. The van der Waals surface area contributed by atoms with Crippen LogP contribution in [-0.2, 0) is 19.2 Å². The van der Waals surface area contributed by atoms with Crippen molar-refractivity contribution in [3.8, 4) is 0 Å². The fourth-order valence-electron chi connectivity index (χ4n) is 2.59. The standard InChI is InChI=1S/C16H28N4O6/c1-8(2)12(15(24)20-13(9(3)21)16(25)26)19-11(22)7-18-14(23)10-5-4-6-17-10/h8-10,12-13,17,21H,4-7H2,1-3H3,(H,18,23)(H,19,22)(H,20,24)(H,25,26). The molecule has 148 valence electrons. The average molecular weight is 372 g/mol. The van der Waals surface area contributed by atoms with Crippen LogP contribution in [0.3, 0.4) is 0 Å². The fourth-order valence-corrected chi connectivity index (χ4v) is 2.59. The highest BCUT2D eigenvalue weighted by Gasteiger charge is 2.31. The molecule has 4 unspecified atom stereocenters. The lowest BCUT2D eigenvalue weighted by atomic mass is 10.0. The molecule has 1 rings (SSSR count). The summed E-state index contributed by atoms with van der Waals surface area (Å²) in [6.07, 6.45) is 0.312. The van der Waals surface area contributed by atoms with E-state index in [1.165, 1.54) is 6.92 Å². The first-order valence-corrected chi connectivity index (χ1v) is 8.65. The van der Waals surface area contributed by atoms with Crippen LogP contribution in [0.1, 0.15) is 33.6 Å². The first-order chi connectivity index (χ1) is 12.1. The van der Waals surface area contributed by atoms with Gasteiger partial charge < -0.3 is 31.5 Å². The number of rotatable bonds is 9. The molecule has 0 saturated carbocycles. The number of hydrogen-bond donors (Lipinski definition) is 6.